The van der Waals surface area contributed by atoms with Crippen LogP contribution >= 0.6 is 11.6 Å². The third kappa shape index (κ3) is 3.66. The minimum atomic E-state index is -0.183. The van der Waals surface area contributed by atoms with Crippen LogP contribution in [0.4, 0.5) is 5.69 Å². The van der Waals surface area contributed by atoms with Crippen molar-refractivity contribution in [1.29, 1.82) is 0 Å². The van der Waals surface area contributed by atoms with Gasteiger partial charge in [0.15, 0.2) is 0 Å². The van der Waals surface area contributed by atoms with Gasteiger partial charge in [-0.1, -0.05) is 37.6 Å². The highest BCUT2D eigenvalue weighted by atomic mass is 35.5. The second-order valence-corrected chi connectivity index (χ2v) is 6.73. The number of halogens is 1. The molecule has 1 aliphatic rings. The third-order valence-corrected chi connectivity index (χ3v) is 4.05. The van der Waals surface area contributed by atoms with Gasteiger partial charge in [-0.3, -0.25) is 4.90 Å². The van der Waals surface area contributed by atoms with E-state index in [-0.39, 0.29) is 5.72 Å². The Labute approximate surface area is 127 Å². The maximum atomic E-state index is 6.18. The fraction of sp³-hybridized carbons (Fsp3) is 0.625. The first-order valence-electron chi connectivity index (χ1n) is 7.29. The Balaban J connectivity index is 2.00. The minimum absolute atomic E-state index is 0.183. The molecule has 1 aromatic carbocycles. The van der Waals surface area contributed by atoms with E-state index in [9.17, 15) is 0 Å². The van der Waals surface area contributed by atoms with Crippen molar-refractivity contribution < 1.29 is 4.74 Å². The van der Waals surface area contributed by atoms with Crippen LogP contribution in [0.2, 0.25) is 5.02 Å². The van der Waals surface area contributed by atoms with Gasteiger partial charge in [0.1, 0.15) is 5.72 Å². The average molecular weight is 297 g/mol. The van der Waals surface area contributed by atoms with Crippen LogP contribution in [-0.2, 0) is 4.74 Å². The van der Waals surface area contributed by atoms with E-state index >= 15 is 0 Å². The second-order valence-electron chi connectivity index (χ2n) is 6.32. The van der Waals surface area contributed by atoms with Gasteiger partial charge in [-0.15, -0.1) is 0 Å². The van der Waals surface area contributed by atoms with Crippen molar-refractivity contribution in [3.8, 4) is 0 Å². The molecule has 1 heterocycles. The van der Waals surface area contributed by atoms with Crippen molar-refractivity contribution in [3.63, 3.8) is 0 Å². The molecule has 1 N–H and O–H groups in total. The van der Waals surface area contributed by atoms with Gasteiger partial charge in [0.25, 0.3) is 0 Å². The molecule has 3 nitrogen and oxygen atoms in total. The van der Waals surface area contributed by atoms with Crippen molar-refractivity contribution in [2.24, 2.45) is 5.92 Å². The van der Waals surface area contributed by atoms with Crippen LogP contribution in [0.5, 0.6) is 0 Å². The molecule has 112 valence electrons. The lowest BCUT2D eigenvalue weighted by molar-refractivity contribution is -0.0571. The molecule has 1 aliphatic heterocycles. The molecule has 1 aromatic rings. The summed E-state index contributed by atoms with van der Waals surface area (Å²) < 4.78 is 5.94. The van der Waals surface area contributed by atoms with Crippen LogP contribution in [0.1, 0.15) is 27.7 Å². The predicted molar refractivity (Wildman–Crippen MR) is 85.3 cm³/mol. The zero-order chi connectivity index (χ0) is 14.8. The summed E-state index contributed by atoms with van der Waals surface area (Å²) in [6, 6.07) is 8.24. The molecule has 0 spiro atoms. The third-order valence-electron chi connectivity index (χ3n) is 3.73. The van der Waals surface area contributed by atoms with Crippen molar-refractivity contribution in [3.05, 3.63) is 29.3 Å². The van der Waals surface area contributed by atoms with E-state index in [0.29, 0.717) is 12.0 Å². The summed E-state index contributed by atoms with van der Waals surface area (Å²) in [5.41, 5.74) is 0.806. The summed E-state index contributed by atoms with van der Waals surface area (Å²) in [6.07, 6.45) is 0. The van der Waals surface area contributed by atoms with Crippen LogP contribution in [0, 0.1) is 5.92 Å². The fourth-order valence-electron chi connectivity index (χ4n) is 2.68. The van der Waals surface area contributed by atoms with Crippen molar-refractivity contribution in [1.82, 2.24) is 4.90 Å². The van der Waals surface area contributed by atoms with E-state index < -0.39 is 0 Å². The summed E-state index contributed by atoms with van der Waals surface area (Å²) >= 11 is 6.18. The van der Waals surface area contributed by atoms with Crippen LogP contribution in [-0.4, -0.2) is 36.4 Å². The molecule has 1 saturated heterocycles. The van der Waals surface area contributed by atoms with Gasteiger partial charge in [-0.25, -0.2) is 0 Å². The molecule has 2 rings (SSSR count). The quantitative estimate of drug-likeness (QED) is 0.893. The molecular formula is C16H25ClN2O. The maximum absolute atomic E-state index is 6.18. The lowest BCUT2D eigenvalue weighted by atomic mass is 10.1. The van der Waals surface area contributed by atoms with E-state index in [0.717, 1.165) is 30.4 Å². The molecule has 0 aliphatic carbocycles. The SMILES string of the molecule is CC(C)CN1[C@@H](CNc2ccccc2Cl)COC1(C)C. The molecule has 0 aromatic heterocycles. The Kier molecular flexibility index (Phi) is 4.95. The lowest BCUT2D eigenvalue weighted by Crippen LogP contribution is -2.48. The Morgan fingerprint density at radius 1 is 1.40 bits per heavy atom. The Morgan fingerprint density at radius 3 is 2.75 bits per heavy atom. The molecule has 1 atom stereocenters. The number of hydrogen-bond donors (Lipinski definition) is 1. The standard InChI is InChI=1S/C16H25ClN2O/c1-12(2)10-19-13(11-20-16(19,3)4)9-18-15-8-6-5-7-14(15)17/h5-8,12-13,18H,9-11H2,1-4H3/t13-/m0/s1. The van der Waals surface area contributed by atoms with Gasteiger partial charge in [0.05, 0.1) is 23.4 Å². The van der Waals surface area contributed by atoms with Crippen LogP contribution in [0.25, 0.3) is 0 Å². The Hall–Kier alpha value is -0.770. The maximum Gasteiger partial charge on any atom is 0.116 e. The highest BCUT2D eigenvalue weighted by molar-refractivity contribution is 6.33. The first-order valence-corrected chi connectivity index (χ1v) is 7.67. The molecule has 0 bridgehead atoms. The van der Waals surface area contributed by atoms with Gasteiger partial charge >= 0.3 is 0 Å². The first-order chi connectivity index (χ1) is 9.40. The second kappa shape index (κ2) is 6.33. The number of hydrogen-bond acceptors (Lipinski definition) is 3. The van der Waals surface area contributed by atoms with Gasteiger partial charge in [0, 0.05) is 13.1 Å². The van der Waals surface area contributed by atoms with E-state index in [4.69, 9.17) is 16.3 Å². The number of ether oxygens (including phenoxy) is 1. The number of benzene rings is 1. The summed E-state index contributed by atoms with van der Waals surface area (Å²) in [5.74, 6) is 0.624. The molecule has 0 unspecified atom stereocenters. The largest absolute Gasteiger partial charge is 0.382 e. The van der Waals surface area contributed by atoms with Crippen LogP contribution in [0.15, 0.2) is 24.3 Å². The van der Waals surface area contributed by atoms with Crippen molar-refractivity contribution in [2.45, 2.75) is 39.5 Å². The van der Waals surface area contributed by atoms with Gasteiger partial charge in [-0.2, -0.15) is 0 Å². The first kappa shape index (κ1) is 15.6. The highest BCUT2D eigenvalue weighted by Crippen LogP contribution is 2.29. The number of rotatable bonds is 5. The summed E-state index contributed by atoms with van der Waals surface area (Å²) in [5, 5.41) is 4.21. The molecule has 0 saturated carbocycles. The minimum Gasteiger partial charge on any atom is -0.382 e. The summed E-state index contributed by atoms with van der Waals surface area (Å²) in [7, 11) is 0. The zero-order valence-electron chi connectivity index (χ0n) is 12.8. The van der Waals surface area contributed by atoms with Crippen LogP contribution in [0.3, 0.4) is 0 Å². The normalized spacial score (nSPS) is 22.4. The predicted octanol–water partition coefficient (Wildman–Crippen LogP) is 3.84. The van der Waals surface area contributed by atoms with E-state index in [2.05, 4.69) is 37.9 Å². The molecule has 0 radical (unpaired) electrons. The number of para-hydroxylation sites is 1. The average Bonchev–Trinajstić information content (AvgIpc) is 2.64. The molecule has 4 heteroatoms. The molecule has 1 fully saturated rings. The van der Waals surface area contributed by atoms with E-state index in [1.165, 1.54) is 0 Å². The fourth-order valence-corrected chi connectivity index (χ4v) is 2.88. The van der Waals surface area contributed by atoms with E-state index in [1.807, 2.05) is 24.3 Å². The molecule has 0 amide bonds. The Bertz CT molecular complexity index is 448. The highest BCUT2D eigenvalue weighted by Gasteiger charge is 2.40. The number of nitrogens with one attached hydrogen (secondary N) is 1. The van der Waals surface area contributed by atoms with Crippen molar-refractivity contribution in [2.75, 3.05) is 25.0 Å². The Morgan fingerprint density at radius 2 is 2.10 bits per heavy atom. The smallest absolute Gasteiger partial charge is 0.116 e. The van der Waals surface area contributed by atoms with Gasteiger partial charge < -0.3 is 10.1 Å². The number of nitrogens with zero attached hydrogens (tertiary/aromatic N) is 1. The molecular weight excluding hydrogens is 272 g/mol. The summed E-state index contributed by atoms with van der Waals surface area (Å²) in [6.45, 7) is 11.4. The van der Waals surface area contributed by atoms with Gasteiger partial charge in [-0.05, 0) is 31.9 Å². The monoisotopic (exact) mass is 296 g/mol. The van der Waals surface area contributed by atoms with E-state index in [1.54, 1.807) is 0 Å². The topological polar surface area (TPSA) is 24.5 Å². The lowest BCUT2D eigenvalue weighted by Gasteiger charge is -2.35. The molecule has 20 heavy (non-hydrogen) atoms. The van der Waals surface area contributed by atoms with Crippen molar-refractivity contribution >= 4 is 17.3 Å². The number of anilines is 1. The van der Waals surface area contributed by atoms with Gasteiger partial charge in [0.2, 0.25) is 0 Å². The summed E-state index contributed by atoms with van der Waals surface area (Å²) in [4.78, 5) is 2.45. The zero-order valence-corrected chi connectivity index (χ0v) is 13.6. The van der Waals surface area contributed by atoms with Crippen LogP contribution < -0.4 is 5.32 Å².